The predicted octanol–water partition coefficient (Wildman–Crippen LogP) is 2.57. The fourth-order valence-corrected chi connectivity index (χ4v) is 3.03. The number of nitrogens with one attached hydrogen (secondary N) is 1. The second-order valence-corrected chi connectivity index (χ2v) is 5.59. The molecule has 5 heteroatoms. The van der Waals surface area contributed by atoms with Crippen LogP contribution in [0.2, 0.25) is 0 Å². The molecule has 3 rings (SSSR count). The monoisotopic (exact) mass is 290 g/mol. The Labute approximate surface area is 122 Å². The highest BCUT2D eigenvalue weighted by Gasteiger charge is 2.48. The van der Waals surface area contributed by atoms with E-state index in [2.05, 4.69) is 5.32 Å². The third kappa shape index (κ3) is 2.31. The van der Waals surface area contributed by atoms with Gasteiger partial charge in [-0.2, -0.15) is 0 Å². The number of imide groups is 1. The molecule has 0 bridgehead atoms. The Morgan fingerprint density at radius 2 is 1.85 bits per heavy atom. The second kappa shape index (κ2) is 5.29. The second-order valence-electron chi connectivity index (χ2n) is 5.11. The minimum Gasteiger partial charge on any atom is -0.367 e. The lowest BCUT2D eigenvalue weighted by Crippen LogP contribution is -2.35. The van der Waals surface area contributed by atoms with Gasteiger partial charge in [-0.1, -0.05) is 35.9 Å². The van der Waals surface area contributed by atoms with E-state index in [1.165, 1.54) is 4.90 Å². The zero-order valence-electron chi connectivity index (χ0n) is 10.9. The molecule has 1 aromatic carbocycles. The summed E-state index contributed by atoms with van der Waals surface area (Å²) < 4.78 is 0. The number of carbonyl (C=O) groups is 2. The maximum Gasteiger partial charge on any atom is 0.234 e. The highest BCUT2D eigenvalue weighted by molar-refractivity contribution is 6.30. The number of fused-ring (bicyclic) bond motifs is 1. The molecule has 1 aliphatic heterocycles. The van der Waals surface area contributed by atoms with E-state index in [-0.39, 0.29) is 30.3 Å². The standard InChI is InChI=1S/C15H15ClN2O2/c16-10-6-7-12-13(8-10)15(20)18(14(12)19)9-17-11-4-2-1-3-5-11/h1-6,12-13,17H,7-9H2/t12-,13-/m1/s1. The first-order chi connectivity index (χ1) is 9.66. The van der Waals surface area contributed by atoms with Gasteiger partial charge < -0.3 is 5.32 Å². The Bertz CT molecular complexity index is 570. The normalized spacial score (nSPS) is 25.4. The molecule has 1 aliphatic carbocycles. The zero-order valence-corrected chi connectivity index (χ0v) is 11.6. The number of hydrogen-bond acceptors (Lipinski definition) is 3. The molecule has 1 N–H and O–H groups in total. The maximum absolute atomic E-state index is 12.3. The molecule has 0 unspecified atom stereocenters. The van der Waals surface area contributed by atoms with Gasteiger partial charge in [0, 0.05) is 10.7 Å². The van der Waals surface area contributed by atoms with Crippen LogP contribution in [0.25, 0.3) is 0 Å². The van der Waals surface area contributed by atoms with E-state index in [1.54, 1.807) is 0 Å². The van der Waals surface area contributed by atoms with Crippen molar-refractivity contribution in [1.82, 2.24) is 4.90 Å². The highest BCUT2D eigenvalue weighted by Crippen LogP contribution is 2.38. The van der Waals surface area contributed by atoms with E-state index >= 15 is 0 Å². The van der Waals surface area contributed by atoms with Crippen molar-refractivity contribution in [3.8, 4) is 0 Å². The summed E-state index contributed by atoms with van der Waals surface area (Å²) in [6.07, 6.45) is 2.90. The number of benzene rings is 1. The molecule has 1 aromatic rings. The SMILES string of the molecule is O=C1[C@@H]2CC=C(Cl)C[C@H]2C(=O)N1CNc1ccccc1. The molecule has 1 fully saturated rings. The van der Waals surface area contributed by atoms with Crippen molar-refractivity contribution in [2.24, 2.45) is 11.8 Å². The molecule has 0 radical (unpaired) electrons. The zero-order chi connectivity index (χ0) is 14.1. The van der Waals surface area contributed by atoms with Crippen LogP contribution in [0.3, 0.4) is 0 Å². The van der Waals surface area contributed by atoms with Gasteiger partial charge in [0.1, 0.15) is 0 Å². The van der Waals surface area contributed by atoms with Gasteiger partial charge in [-0.05, 0) is 25.0 Å². The third-order valence-electron chi connectivity index (χ3n) is 3.88. The summed E-state index contributed by atoms with van der Waals surface area (Å²) in [5, 5.41) is 3.79. The fourth-order valence-electron chi connectivity index (χ4n) is 2.78. The van der Waals surface area contributed by atoms with E-state index in [0.717, 1.165) is 5.69 Å². The van der Waals surface area contributed by atoms with Gasteiger partial charge in [0.25, 0.3) is 0 Å². The number of carbonyl (C=O) groups excluding carboxylic acids is 2. The fraction of sp³-hybridized carbons (Fsp3) is 0.333. The molecule has 4 nitrogen and oxygen atoms in total. The molecule has 1 heterocycles. The number of anilines is 1. The largest absolute Gasteiger partial charge is 0.367 e. The van der Waals surface area contributed by atoms with Crippen LogP contribution >= 0.6 is 11.6 Å². The predicted molar refractivity (Wildman–Crippen MR) is 76.9 cm³/mol. The number of likely N-dealkylation sites (tertiary alicyclic amines) is 1. The molecule has 104 valence electrons. The average Bonchev–Trinajstić information content (AvgIpc) is 2.70. The summed E-state index contributed by atoms with van der Waals surface area (Å²) in [4.78, 5) is 25.9. The topological polar surface area (TPSA) is 49.4 Å². The smallest absolute Gasteiger partial charge is 0.234 e. The van der Waals surface area contributed by atoms with Crippen LogP contribution < -0.4 is 5.32 Å². The quantitative estimate of drug-likeness (QED) is 0.871. The molecular weight excluding hydrogens is 276 g/mol. The van der Waals surface area contributed by atoms with Gasteiger partial charge in [-0.3, -0.25) is 14.5 Å². The lowest BCUT2D eigenvalue weighted by Gasteiger charge is -2.17. The molecule has 2 aliphatic rings. The Balaban J connectivity index is 1.69. The number of hydrogen-bond donors (Lipinski definition) is 1. The molecule has 0 saturated carbocycles. The minimum absolute atomic E-state index is 0.0937. The number of para-hydroxylation sites is 1. The van der Waals surface area contributed by atoms with Crippen LogP contribution in [0.5, 0.6) is 0 Å². The number of rotatable bonds is 3. The highest BCUT2D eigenvalue weighted by atomic mass is 35.5. The van der Waals surface area contributed by atoms with Crippen LogP contribution in [-0.2, 0) is 9.59 Å². The molecular formula is C15H15ClN2O2. The molecule has 2 amide bonds. The summed E-state index contributed by atoms with van der Waals surface area (Å²) in [5.74, 6) is -0.723. The van der Waals surface area contributed by atoms with Gasteiger partial charge in [0.2, 0.25) is 11.8 Å². The van der Waals surface area contributed by atoms with Crippen molar-refractivity contribution in [1.29, 1.82) is 0 Å². The first kappa shape index (κ1) is 13.2. The number of amides is 2. The average molecular weight is 291 g/mol. The molecule has 0 aromatic heterocycles. The Morgan fingerprint density at radius 1 is 1.15 bits per heavy atom. The Hall–Kier alpha value is -1.81. The van der Waals surface area contributed by atoms with E-state index in [4.69, 9.17) is 11.6 Å². The minimum atomic E-state index is -0.280. The van der Waals surface area contributed by atoms with E-state index < -0.39 is 0 Å². The van der Waals surface area contributed by atoms with Crippen molar-refractivity contribution in [3.63, 3.8) is 0 Å². The summed E-state index contributed by atoms with van der Waals surface area (Å²) >= 11 is 5.98. The maximum atomic E-state index is 12.3. The van der Waals surface area contributed by atoms with Gasteiger partial charge in [0.05, 0.1) is 18.5 Å². The summed E-state index contributed by atoms with van der Waals surface area (Å²) in [6, 6.07) is 9.52. The van der Waals surface area contributed by atoms with Gasteiger partial charge in [-0.25, -0.2) is 0 Å². The van der Waals surface area contributed by atoms with E-state index in [0.29, 0.717) is 17.9 Å². The number of nitrogens with zero attached hydrogens (tertiary/aromatic N) is 1. The van der Waals surface area contributed by atoms with Crippen molar-refractivity contribution in [3.05, 3.63) is 41.4 Å². The number of allylic oxidation sites excluding steroid dienone is 2. The third-order valence-corrected chi connectivity index (χ3v) is 4.18. The summed E-state index contributed by atoms with van der Waals surface area (Å²) in [5.41, 5.74) is 0.888. The van der Waals surface area contributed by atoms with Gasteiger partial charge >= 0.3 is 0 Å². The van der Waals surface area contributed by atoms with Crippen LogP contribution in [0, 0.1) is 11.8 Å². The first-order valence-electron chi connectivity index (χ1n) is 6.65. The molecule has 1 saturated heterocycles. The lowest BCUT2D eigenvalue weighted by atomic mass is 9.85. The summed E-state index contributed by atoms with van der Waals surface area (Å²) in [6.45, 7) is 0.215. The first-order valence-corrected chi connectivity index (χ1v) is 7.03. The van der Waals surface area contributed by atoms with E-state index in [9.17, 15) is 9.59 Å². The molecule has 2 atom stereocenters. The lowest BCUT2D eigenvalue weighted by molar-refractivity contribution is -0.139. The Morgan fingerprint density at radius 3 is 2.60 bits per heavy atom. The van der Waals surface area contributed by atoms with Crippen molar-refractivity contribution < 1.29 is 9.59 Å². The van der Waals surface area contributed by atoms with Crippen molar-refractivity contribution in [2.75, 3.05) is 12.0 Å². The molecule has 0 spiro atoms. The van der Waals surface area contributed by atoms with Crippen molar-refractivity contribution in [2.45, 2.75) is 12.8 Å². The van der Waals surface area contributed by atoms with Gasteiger partial charge in [-0.15, -0.1) is 0 Å². The summed E-state index contributed by atoms with van der Waals surface area (Å²) in [7, 11) is 0. The van der Waals surface area contributed by atoms with Crippen molar-refractivity contribution >= 4 is 29.1 Å². The Kier molecular flexibility index (Phi) is 3.49. The number of halogens is 1. The van der Waals surface area contributed by atoms with Crippen LogP contribution in [-0.4, -0.2) is 23.4 Å². The van der Waals surface area contributed by atoms with Crippen LogP contribution in [0.15, 0.2) is 41.4 Å². The van der Waals surface area contributed by atoms with Gasteiger partial charge in [0.15, 0.2) is 0 Å². The van der Waals surface area contributed by atoms with Crippen LogP contribution in [0.4, 0.5) is 5.69 Å². The van der Waals surface area contributed by atoms with E-state index in [1.807, 2.05) is 36.4 Å². The van der Waals surface area contributed by atoms with Crippen LogP contribution in [0.1, 0.15) is 12.8 Å². The molecule has 20 heavy (non-hydrogen) atoms.